The molecule has 2 atom stereocenters. The molecule has 2 rings (SSSR count). The third-order valence-electron chi connectivity index (χ3n) is 2.55. The van der Waals surface area contributed by atoms with Crippen LogP contribution in [0.4, 0.5) is 0 Å². The Hall–Kier alpha value is -1.14. The fraction of sp³-hybridized carbons (Fsp3) is 0.214. The number of ether oxygens (including phenoxy) is 1. The third-order valence-corrected chi connectivity index (χ3v) is 3.44. The van der Waals surface area contributed by atoms with Crippen LogP contribution in [0, 0.1) is 3.57 Å². The van der Waals surface area contributed by atoms with Crippen LogP contribution in [0.1, 0.15) is 18.7 Å². The van der Waals surface area contributed by atoms with Gasteiger partial charge in [-0.25, -0.2) is 0 Å². The molecule has 1 aromatic heterocycles. The quantitative estimate of drug-likeness (QED) is 0.859. The Labute approximate surface area is 121 Å². The molecule has 18 heavy (non-hydrogen) atoms. The van der Waals surface area contributed by atoms with Gasteiger partial charge in [-0.05, 0) is 53.8 Å². The van der Waals surface area contributed by atoms with Crippen LogP contribution in [-0.4, -0.2) is 11.0 Å². The summed E-state index contributed by atoms with van der Waals surface area (Å²) in [5, 5.41) is 0. The van der Waals surface area contributed by atoms with Gasteiger partial charge in [-0.3, -0.25) is 4.98 Å². The smallest absolute Gasteiger partial charge is 0.155 e. The second-order valence-electron chi connectivity index (χ2n) is 4.08. The number of pyridine rings is 1. The van der Waals surface area contributed by atoms with Gasteiger partial charge in [0.1, 0.15) is 5.75 Å². The van der Waals surface area contributed by atoms with Crippen molar-refractivity contribution >= 4 is 22.6 Å². The van der Waals surface area contributed by atoms with Gasteiger partial charge in [0.25, 0.3) is 0 Å². The van der Waals surface area contributed by atoms with Crippen molar-refractivity contribution in [3.8, 4) is 5.75 Å². The number of rotatable bonds is 4. The molecular weight excluding hydrogens is 339 g/mol. The molecule has 2 N–H and O–H groups in total. The molecule has 0 aliphatic rings. The first-order chi connectivity index (χ1) is 8.68. The van der Waals surface area contributed by atoms with E-state index in [1.165, 1.54) is 0 Å². The Balaban J connectivity index is 2.26. The lowest BCUT2D eigenvalue weighted by molar-refractivity contribution is 0.174. The van der Waals surface area contributed by atoms with E-state index in [1.807, 2.05) is 49.4 Å². The summed E-state index contributed by atoms with van der Waals surface area (Å²) in [4.78, 5) is 4.32. The van der Waals surface area contributed by atoms with Gasteiger partial charge < -0.3 is 10.5 Å². The maximum Gasteiger partial charge on any atom is 0.155 e. The van der Waals surface area contributed by atoms with E-state index in [-0.39, 0.29) is 12.1 Å². The number of hydrogen-bond acceptors (Lipinski definition) is 3. The summed E-state index contributed by atoms with van der Waals surface area (Å²) in [5.41, 5.74) is 6.85. The van der Waals surface area contributed by atoms with Gasteiger partial charge in [-0.2, -0.15) is 0 Å². The number of nitrogens with two attached hydrogens (primary N) is 1. The predicted molar refractivity (Wildman–Crippen MR) is 80.4 cm³/mol. The van der Waals surface area contributed by atoms with E-state index in [2.05, 4.69) is 27.6 Å². The van der Waals surface area contributed by atoms with Gasteiger partial charge >= 0.3 is 0 Å². The molecule has 0 fully saturated rings. The first-order valence-electron chi connectivity index (χ1n) is 5.76. The molecule has 4 heteroatoms. The fourth-order valence-corrected chi connectivity index (χ4v) is 2.17. The van der Waals surface area contributed by atoms with E-state index in [0.29, 0.717) is 0 Å². The fourth-order valence-electron chi connectivity index (χ4n) is 1.66. The van der Waals surface area contributed by atoms with Crippen LogP contribution in [0.15, 0.2) is 48.7 Å². The van der Waals surface area contributed by atoms with E-state index in [0.717, 1.165) is 15.0 Å². The number of halogens is 1. The monoisotopic (exact) mass is 354 g/mol. The number of hydrogen-bond donors (Lipinski definition) is 1. The molecule has 0 amide bonds. The lowest BCUT2D eigenvalue weighted by atomic mass is 10.1. The van der Waals surface area contributed by atoms with Crippen molar-refractivity contribution in [1.29, 1.82) is 0 Å². The molecule has 0 radical (unpaired) electrons. The molecule has 2 unspecified atom stereocenters. The number of nitrogens with zero attached hydrogens (tertiary/aromatic N) is 1. The van der Waals surface area contributed by atoms with Crippen molar-refractivity contribution in [2.24, 2.45) is 5.73 Å². The van der Waals surface area contributed by atoms with Crippen LogP contribution in [0.2, 0.25) is 0 Å². The summed E-state index contributed by atoms with van der Waals surface area (Å²) in [6.07, 6.45) is 1.52. The Morgan fingerprint density at radius 3 is 2.50 bits per heavy atom. The van der Waals surface area contributed by atoms with Gasteiger partial charge in [-0.15, -0.1) is 0 Å². The summed E-state index contributed by atoms with van der Waals surface area (Å²) < 4.78 is 7.06. The predicted octanol–water partition coefficient (Wildman–Crippen LogP) is 3.15. The zero-order valence-corrected chi connectivity index (χ0v) is 12.2. The summed E-state index contributed by atoms with van der Waals surface area (Å²) in [6.45, 7) is 1.93. The maximum absolute atomic E-state index is 6.00. The summed E-state index contributed by atoms with van der Waals surface area (Å²) in [6, 6.07) is 13.5. The molecule has 0 saturated heterocycles. The summed E-state index contributed by atoms with van der Waals surface area (Å²) >= 11 is 2.25. The van der Waals surface area contributed by atoms with Crippen LogP contribution < -0.4 is 10.5 Å². The highest BCUT2D eigenvalue weighted by molar-refractivity contribution is 14.1. The minimum absolute atomic E-state index is 0.129. The van der Waals surface area contributed by atoms with Gasteiger partial charge in [-0.1, -0.05) is 18.2 Å². The largest absolute Gasteiger partial charge is 0.481 e. The van der Waals surface area contributed by atoms with Gasteiger partial charge in [0.15, 0.2) is 6.10 Å². The highest BCUT2D eigenvalue weighted by Crippen LogP contribution is 2.26. The second-order valence-corrected chi connectivity index (χ2v) is 5.24. The average molecular weight is 354 g/mol. The molecule has 0 aliphatic heterocycles. The third kappa shape index (κ3) is 3.20. The maximum atomic E-state index is 6.00. The molecule has 2 aromatic rings. The van der Waals surface area contributed by atoms with Crippen molar-refractivity contribution in [2.45, 2.75) is 19.1 Å². The van der Waals surface area contributed by atoms with E-state index in [1.54, 1.807) is 6.20 Å². The van der Waals surface area contributed by atoms with E-state index in [4.69, 9.17) is 10.5 Å². The Kier molecular flexibility index (Phi) is 4.54. The highest BCUT2D eigenvalue weighted by Gasteiger charge is 2.20. The Bertz CT molecular complexity index is 502. The number of para-hydroxylation sites is 1. The van der Waals surface area contributed by atoms with Crippen LogP contribution in [0.3, 0.4) is 0 Å². The SMILES string of the molecule is CC(N)C(Oc1ccccc1I)c1ccccn1. The zero-order chi connectivity index (χ0) is 13.0. The Morgan fingerprint density at radius 2 is 1.89 bits per heavy atom. The van der Waals surface area contributed by atoms with Gasteiger partial charge in [0.05, 0.1) is 9.26 Å². The first kappa shape index (κ1) is 13.3. The van der Waals surface area contributed by atoms with Crippen molar-refractivity contribution in [1.82, 2.24) is 4.98 Å². The zero-order valence-electron chi connectivity index (χ0n) is 10.1. The summed E-state index contributed by atoms with van der Waals surface area (Å²) in [7, 11) is 0. The summed E-state index contributed by atoms with van der Waals surface area (Å²) in [5.74, 6) is 0.839. The standard InChI is InChI=1S/C14H15IN2O/c1-10(16)14(12-7-4-5-9-17-12)18-13-8-3-2-6-11(13)15/h2-10,14H,16H2,1H3. The molecule has 0 bridgehead atoms. The molecule has 0 saturated carbocycles. The molecule has 1 heterocycles. The molecule has 94 valence electrons. The molecule has 0 aliphatic carbocycles. The average Bonchev–Trinajstić information content (AvgIpc) is 2.38. The van der Waals surface area contributed by atoms with Crippen molar-refractivity contribution in [3.05, 3.63) is 57.9 Å². The van der Waals surface area contributed by atoms with E-state index >= 15 is 0 Å². The minimum atomic E-state index is -0.234. The second kappa shape index (κ2) is 6.15. The van der Waals surface area contributed by atoms with Crippen molar-refractivity contribution in [3.63, 3.8) is 0 Å². The van der Waals surface area contributed by atoms with Crippen LogP contribution in [-0.2, 0) is 0 Å². The van der Waals surface area contributed by atoms with Crippen LogP contribution in [0.25, 0.3) is 0 Å². The Morgan fingerprint density at radius 1 is 1.17 bits per heavy atom. The number of aromatic nitrogens is 1. The van der Waals surface area contributed by atoms with E-state index < -0.39 is 0 Å². The van der Waals surface area contributed by atoms with Gasteiger partial charge in [0.2, 0.25) is 0 Å². The molecular formula is C14H15IN2O. The first-order valence-corrected chi connectivity index (χ1v) is 6.84. The van der Waals surface area contributed by atoms with Crippen LogP contribution in [0.5, 0.6) is 5.75 Å². The van der Waals surface area contributed by atoms with Crippen LogP contribution >= 0.6 is 22.6 Å². The molecule has 0 spiro atoms. The lowest BCUT2D eigenvalue weighted by Crippen LogP contribution is -2.29. The normalized spacial score (nSPS) is 13.9. The minimum Gasteiger partial charge on any atom is -0.481 e. The highest BCUT2D eigenvalue weighted by atomic mass is 127. The molecule has 1 aromatic carbocycles. The van der Waals surface area contributed by atoms with Gasteiger partial charge in [0, 0.05) is 12.2 Å². The van der Waals surface area contributed by atoms with Crippen molar-refractivity contribution < 1.29 is 4.74 Å². The van der Waals surface area contributed by atoms with E-state index in [9.17, 15) is 0 Å². The molecule has 3 nitrogen and oxygen atoms in total. The number of benzene rings is 1. The van der Waals surface area contributed by atoms with Crippen molar-refractivity contribution in [2.75, 3.05) is 0 Å². The lowest BCUT2D eigenvalue weighted by Gasteiger charge is -2.22. The topological polar surface area (TPSA) is 48.1 Å².